The highest BCUT2D eigenvalue weighted by molar-refractivity contribution is 5.96. The van der Waals surface area contributed by atoms with E-state index in [0.717, 1.165) is 44.8 Å². The first kappa shape index (κ1) is 29.2. The van der Waals surface area contributed by atoms with Crippen molar-refractivity contribution < 1.29 is 28.2 Å². The second kappa shape index (κ2) is 15.1. The van der Waals surface area contributed by atoms with Gasteiger partial charge in [0, 0.05) is 38.3 Å². The summed E-state index contributed by atoms with van der Waals surface area (Å²) in [5.41, 5.74) is 1.59. The van der Waals surface area contributed by atoms with Gasteiger partial charge in [-0.15, -0.1) is 0 Å². The highest BCUT2D eigenvalue weighted by Crippen LogP contribution is 2.28. The van der Waals surface area contributed by atoms with E-state index in [1.807, 2.05) is 48.5 Å². The molecule has 2 amide bonds. The van der Waals surface area contributed by atoms with Crippen LogP contribution in [-0.4, -0.2) is 93.2 Å². The van der Waals surface area contributed by atoms with Gasteiger partial charge in [-0.3, -0.25) is 14.5 Å². The maximum Gasteiger partial charge on any atom is 0.254 e. The molecule has 0 radical (unpaired) electrons. The van der Waals surface area contributed by atoms with Crippen molar-refractivity contribution in [2.24, 2.45) is 0 Å². The van der Waals surface area contributed by atoms with Crippen molar-refractivity contribution >= 4 is 11.8 Å². The highest BCUT2D eigenvalue weighted by atomic mass is 16.5. The van der Waals surface area contributed by atoms with Gasteiger partial charge in [0.15, 0.2) is 11.5 Å². The number of methoxy groups -OCH3 is 2. The molecule has 1 fully saturated rings. The number of hydrogen-bond acceptors (Lipinski definition) is 7. The molecule has 9 nitrogen and oxygen atoms in total. The maximum atomic E-state index is 13.7. The van der Waals surface area contributed by atoms with Crippen molar-refractivity contribution in [3.05, 3.63) is 83.8 Å². The van der Waals surface area contributed by atoms with Gasteiger partial charge in [-0.05, 0) is 54.8 Å². The van der Waals surface area contributed by atoms with E-state index in [-0.39, 0.29) is 18.4 Å². The molecule has 214 valence electrons. The summed E-state index contributed by atoms with van der Waals surface area (Å²) in [6.07, 6.45) is 2.98. The van der Waals surface area contributed by atoms with Crippen LogP contribution < -0.4 is 9.47 Å². The second-order valence-electron chi connectivity index (χ2n) is 9.73. The molecular formula is C31H39N3O6. The van der Waals surface area contributed by atoms with Crippen LogP contribution in [-0.2, 0) is 22.5 Å². The van der Waals surface area contributed by atoms with Crippen molar-refractivity contribution in [2.45, 2.75) is 19.4 Å². The van der Waals surface area contributed by atoms with Gasteiger partial charge >= 0.3 is 0 Å². The summed E-state index contributed by atoms with van der Waals surface area (Å²) in [5.74, 6) is 1.71. The van der Waals surface area contributed by atoms with Gasteiger partial charge in [-0.1, -0.05) is 24.3 Å². The minimum Gasteiger partial charge on any atom is -0.493 e. The van der Waals surface area contributed by atoms with Crippen molar-refractivity contribution in [1.82, 2.24) is 14.7 Å². The summed E-state index contributed by atoms with van der Waals surface area (Å²) >= 11 is 0. The van der Waals surface area contributed by atoms with Crippen LogP contribution in [0.25, 0.3) is 0 Å². The molecule has 0 saturated carbocycles. The number of benzene rings is 2. The second-order valence-corrected chi connectivity index (χ2v) is 9.73. The fraction of sp³-hybridized carbons (Fsp3) is 0.419. The molecule has 3 aromatic rings. The standard InChI is InChI=1S/C31H39N3O6/c1-37-28-12-11-25(22-29(28)38-2)13-16-33(23-27-10-6-19-40-27)30(35)24-34(31(36)26-8-4-3-5-9-26)15-7-14-32-17-20-39-21-18-32/h3-6,8-12,19,22H,7,13-18,20-21,23-24H2,1-2H3. The normalized spacial score (nSPS) is 13.6. The Balaban J connectivity index is 1.46. The number of rotatable bonds is 14. The molecule has 9 heteroatoms. The Hall–Kier alpha value is -3.82. The molecule has 2 aromatic carbocycles. The molecule has 1 aliphatic rings. The Kier molecular flexibility index (Phi) is 11.0. The average molecular weight is 550 g/mol. The van der Waals surface area contributed by atoms with E-state index < -0.39 is 0 Å². The minimum atomic E-state index is -0.145. The first-order valence-corrected chi connectivity index (χ1v) is 13.7. The van der Waals surface area contributed by atoms with Crippen molar-refractivity contribution in [1.29, 1.82) is 0 Å². The van der Waals surface area contributed by atoms with Crippen LogP contribution in [0.3, 0.4) is 0 Å². The van der Waals surface area contributed by atoms with Crippen LogP contribution in [0, 0.1) is 0 Å². The number of carbonyl (C=O) groups excluding carboxylic acids is 2. The summed E-state index contributed by atoms with van der Waals surface area (Å²) in [6.45, 7) is 5.34. The Labute approximate surface area is 236 Å². The van der Waals surface area contributed by atoms with Gasteiger partial charge in [0.05, 0.1) is 40.2 Å². The lowest BCUT2D eigenvalue weighted by Gasteiger charge is -2.30. The van der Waals surface area contributed by atoms with Crippen LogP contribution >= 0.6 is 0 Å². The lowest BCUT2D eigenvalue weighted by atomic mass is 10.1. The lowest BCUT2D eigenvalue weighted by molar-refractivity contribution is -0.132. The van der Waals surface area contributed by atoms with E-state index in [0.29, 0.717) is 48.9 Å². The predicted molar refractivity (Wildman–Crippen MR) is 152 cm³/mol. The largest absolute Gasteiger partial charge is 0.493 e. The number of hydrogen-bond donors (Lipinski definition) is 0. The van der Waals surface area contributed by atoms with E-state index in [1.54, 1.807) is 42.4 Å². The number of furan rings is 1. The average Bonchev–Trinajstić information content (AvgIpc) is 3.52. The summed E-state index contributed by atoms with van der Waals surface area (Å²) in [7, 11) is 3.20. The van der Waals surface area contributed by atoms with Crippen LogP contribution in [0.1, 0.15) is 28.1 Å². The third-order valence-electron chi connectivity index (χ3n) is 7.04. The number of amides is 2. The van der Waals surface area contributed by atoms with Gasteiger partial charge in [-0.2, -0.15) is 0 Å². The first-order valence-electron chi connectivity index (χ1n) is 13.7. The van der Waals surface area contributed by atoms with E-state index >= 15 is 0 Å². The summed E-state index contributed by atoms with van der Waals surface area (Å²) in [4.78, 5) is 33.0. The number of ether oxygens (including phenoxy) is 3. The molecule has 1 aliphatic heterocycles. The molecule has 1 saturated heterocycles. The van der Waals surface area contributed by atoms with Gasteiger partial charge < -0.3 is 28.4 Å². The van der Waals surface area contributed by atoms with Crippen LogP contribution in [0.15, 0.2) is 71.3 Å². The summed E-state index contributed by atoms with van der Waals surface area (Å²) in [5, 5.41) is 0. The number of nitrogens with zero attached hydrogens (tertiary/aromatic N) is 3. The van der Waals surface area contributed by atoms with Gasteiger partial charge in [0.1, 0.15) is 12.3 Å². The first-order chi connectivity index (χ1) is 19.6. The molecule has 0 atom stereocenters. The zero-order valence-electron chi connectivity index (χ0n) is 23.4. The van der Waals surface area contributed by atoms with E-state index in [1.165, 1.54) is 0 Å². The topological polar surface area (TPSA) is 84.7 Å². The van der Waals surface area contributed by atoms with Crippen molar-refractivity contribution in [3.63, 3.8) is 0 Å². The number of carbonyl (C=O) groups is 2. The third kappa shape index (κ3) is 8.34. The Morgan fingerprint density at radius 2 is 1.68 bits per heavy atom. The SMILES string of the molecule is COc1ccc(CCN(Cc2ccco2)C(=O)CN(CCCN2CCOCC2)C(=O)c2ccccc2)cc1OC. The fourth-order valence-electron chi connectivity index (χ4n) is 4.77. The minimum absolute atomic E-state index is 0.0104. The Morgan fingerprint density at radius 1 is 0.900 bits per heavy atom. The Bertz CT molecular complexity index is 1200. The molecular weight excluding hydrogens is 510 g/mol. The van der Waals surface area contributed by atoms with Gasteiger partial charge in [0.25, 0.3) is 5.91 Å². The molecule has 4 rings (SSSR count). The van der Waals surface area contributed by atoms with Crippen LogP contribution in [0.4, 0.5) is 0 Å². The van der Waals surface area contributed by atoms with E-state index in [9.17, 15) is 9.59 Å². The predicted octanol–water partition coefficient (Wildman–Crippen LogP) is 3.73. The molecule has 40 heavy (non-hydrogen) atoms. The smallest absolute Gasteiger partial charge is 0.254 e. The summed E-state index contributed by atoms with van der Waals surface area (Å²) < 4.78 is 21.8. The lowest BCUT2D eigenvalue weighted by Crippen LogP contribution is -2.44. The van der Waals surface area contributed by atoms with Gasteiger partial charge in [0.2, 0.25) is 5.91 Å². The highest BCUT2D eigenvalue weighted by Gasteiger charge is 2.23. The Morgan fingerprint density at radius 3 is 2.38 bits per heavy atom. The van der Waals surface area contributed by atoms with E-state index in [4.69, 9.17) is 18.6 Å². The van der Waals surface area contributed by atoms with Crippen LogP contribution in [0.5, 0.6) is 11.5 Å². The monoisotopic (exact) mass is 549 g/mol. The van der Waals surface area contributed by atoms with E-state index in [2.05, 4.69) is 4.90 Å². The zero-order valence-corrected chi connectivity index (χ0v) is 23.4. The molecule has 0 N–H and O–H groups in total. The zero-order chi connectivity index (χ0) is 28.2. The quantitative estimate of drug-likeness (QED) is 0.303. The molecule has 1 aromatic heterocycles. The third-order valence-corrected chi connectivity index (χ3v) is 7.04. The van der Waals surface area contributed by atoms with Crippen molar-refractivity contribution in [2.75, 3.05) is 66.7 Å². The number of morpholine rings is 1. The van der Waals surface area contributed by atoms with Gasteiger partial charge in [-0.25, -0.2) is 0 Å². The molecule has 0 aliphatic carbocycles. The van der Waals surface area contributed by atoms with Crippen molar-refractivity contribution in [3.8, 4) is 11.5 Å². The molecule has 2 heterocycles. The molecule has 0 spiro atoms. The molecule has 0 bridgehead atoms. The summed E-state index contributed by atoms with van der Waals surface area (Å²) in [6, 6.07) is 18.6. The maximum absolute atomic E-state index is 13.7. The molecule has 0 unspecified atom stereocenters. The van der Waals surface area contributed by atoms with Crippen LogP contribution in [0.2, 0.25) is 0 Å². The fourth-order valence-corrected chi connectivity index (χ4v) is 4.77.